The maximum atomic E-state index is 12.3. The smallest absolute Gasteiger partial charge is 0.348 e. The van der Waals surface area contributed by atoms with Crippen molar-refractivity contribution in [3.8, 4) is 0 Å². The lowest BCUT2D eigenvalue weighted by Gasteiger charge is -2.38. The summed E-state index contributed by atoms with van der Waals surface area (Å²) in [5.41, 5.74) is 0.882. The fourth-order valence-electron chi connectivity index (χ4n) is 3.83. The van der Waals surface area contributed by atoms with E-state index in [4.69, 9.17) is 4.74 Å². The molecular formula is C20H24N6O2S. The molecule has 8 nitrogen and oxygen atoms in total. The number of likely N-dealkylation sites (N-methyl/N-ethyl adjacent to an activating group) is 1. The molecule has 1 atom stereocenters. The number of carbonyl (C=O) groups is 1. The van der Waals surface area contributed by atoms with Crippen molar-refractivity contribution < 1.29 is 9.53 Å². The van der Waals surface area contributed by atoms with E-state index in [1.807, 2.05) is 26.0 Å². The molecule has 9 heteroatoms. The fraction of sp³-hybridized carbons (Fsp3) is 0.450. The number of esters is 1. The third-order valence-corrected chi connectivity index (χ3v) is 6.51. The van der Waals surface area contributed by atoms with Crippen LogP contribution in [0.2, 0.25) is 0 Å². The zero-order chi connectivity index (χ0) is 20.4. The number of anilines is 2. The summed E-state index contributed by atoms with van der Waals surface area (Å²) in [4.78, 5) is 27.2. The number of nitrogens with zero attached hydrogens (tertiary/aromatic N) is 6. The van der Waals surface area contributed by atoms with Crippen LogP contribution in [-0.2, 0) is 4.74 Å². The first-order chi connectivity index (χ1) is 14.1. The van der Waals surface area contributed by atoms with Crippen molar-refractivity contribution in [3.05, 3.63) is 35.1 Å². The Morgan fingerprint density at radius 1 is 1.41 bits per heavy atom. The van der Waals surface area contributed by atoms with Crippen LogP contribution in [0.25, 0.3) is 10.2 Å². The zero-order valence-corrected chi connectivity index (χ0v) is 17.6. The fourth-order valence-corrected chi connectivity index (χ4v) is 4.86. The number of thiophene rings is 1. The van der Waals surface area contributed by atoms with Crippen molar-refractivity contribution in [2.45, 2.75) is 32.7 Å². The van der Waals surface area contributed by atoms with Gasteiger partial charge in [0.15, 0.2) is 5.82 Å². The summed E-state index contributed by atoms with van der Waals surface area (Å²) in [6.45, 7) is 5.91. The number of hydrogen-bond donors (Lipinski definition) is 0. The Morgan fingerprint density at radius 3 is 3.03 bits per heavy atom. The molecule has 4 heterocycles. The third kappa shape index (κ3) is 3.74. The highest BCUT2D eigenvalue weighted by Gasteiger charge is 2.28. The highest BCUT2D eigenvalue weighted by Crippen LogP contribution is 2.36. The second-order valence-electron chi connectivity index (χ2n) is 7.09. The minimum Gasteiger partial charge on any atom is -0.462 e. The lowest BCUT2D eigenvalue weighted by Crippen LogP contribution is -2.47. The van der Waals surface area contributed by atoms with Gasteiger partial charge in [0, 0.05) is 32.4 Å². The SMILES string of the molecule is CCOC(=O)c1sc2ncnc(N(C)C3CCCN(c4cccnn4)C3)c2c1C. The molecule has 0 spiro atoms. The quantitative estimate of drug-likeness (QED) is 0.591. The van der Waals surface area contributed by atoms with Gasteiger partial charge in [0.25, 0.3) is 0 Å². The Balaban J connectivity index is 1.64. The van der Waals surface area contributed by atoms with Crippen molar-refractivity contribution in [2.75, 3.05) is 36.5 Å². The third-order valence-electron chi connectivity index (χ3n) is 5.33. The van der Waals surface area contributed by atoms with Gasteiger partial charge in [-0.15, -0.1) is 16.4 Å². The molecule has 152 valence electrons. The van der Waals surface area contributed by atoms with Crippen LogP contribution in [0.5, 0.6) is 0 Å². The second kappa shape index (κ2) is 8.28. The molecule has 29 heavy (non-hydrogen) atoms. The van der Waals surface area contributed by atoms with Gasteiger partial charge in [-0.1, -0.05) is 0 Å². The van der Waals surface area contributed by atoms with Gasteiger partial charge in [-0.3, -0.25) is 0 Å². The molecule has 0 aromatic carbocycles. The lowest BCUT2D eigenvalue weighted by atomic mass is 10.0. The molecule has 3 aromatic rings. The number of carbonyl (C=O) groups excluding carboxylic acids is 1. The molecule has 0 bridgehead atoms. The number of hydrogen-bond acceptors (Lipinski definition) is 9. The lowest BCUT2D eigenvalue weighted by molar-refractivity contribution is 0.0531. The average Bonchev–Trinajstić information content (AvgIpc) is 3.11. The monoisotopic (exact) mass is 412 g/mol. The van der Waals surface area contributed by atoms with Crippen LogP contribution in [0, 0.1) is 6.92 Å². The summed E-state index contributed by atoms with van der Waals surface area (Å²) in [5, 5.41) is 9.19. The molecule has 1 fully saturated rings. The van der Waals surface area contributed by atoms with E-state index in [9.17, 15) is 4.79 Å². The van der Waals surface area contributed by atoms with Gasteiger partial charge in [-0.2, -0.15) is 5.10 Å². The molecule has 4 rings (SSSR count). The Labute approximate surface area is 173 Å². The molecule has 3 aromatic heterocycles. The van der Waals surface area contributed by atoms with Crippen LogP contribution in [0.3, 0.4) is 0 Å². The van der Waals surface area contributed by atoms with Crippen LogP contribution >= 0.6 is 11.3 Å². The van der Waals surface area contributed by atoms with Crippen molar-refractivity contribution in [1.29, 1.82) is 0 Å². The number of rotatable bonds is 5. The summed E-state index contributed by atoms with van der Waals surface area (Å²) in [6, 6.07) is 4.18. The Hall–Kier alpha value is -2.81. The molecule has 0 aliphatic carbocycles. The molecule has 0 N–H and O–H groups in total. The molecule has 1 unspecified atom stereocenters. The predicted octanol–water partition coefficient (Wildman–Crippen LogP) is 3.07. The highest BCUT2D eigenvalue weighted by molar-refractivity contribution is 7.20. The van der Waals surface area contributed by atoms with Crippen LogP contribution < -0.4 is 9.80 Å². The topological polar surface area (TPSA) is 84.3 Å². The van der Waals surface area contributed by atoms with Crippen LogP contribution in [-0.4, -0.2) is 58.9 Å². The van der Waals surface area contributed by atoms with Gasteiger partial charge in [0.1, 0.15) is 21.9 Å². The average molecular weight is 413 g/mol. The standard InChI is InChI=1S/C20H24N6O2S/c1-4-28-20(27)17-13(2)16-18(21-12-22-19(16)29-17)25(3)14-7-6-10-26(11-14)15-8-5-9-23-24-15/h5,8-9,12,14H,4,6-7,10-11H2,1-3H3. The van der Waals surface area contributed by atoms with E-state index >= 15 is 0 Å². The number of piperidine rings is 1. The molecule has 1 saturated heterocycles. The van der Waals surface area contributed by atoms with Crippen molar-refractivity contribution in [2.24, 2.45) is 0 Å². The van der Waals surface area contributed by atoms with E-state index in [0.29, 0.717) is 11.5 Å². The first-order valence-corrected chi connectivity index (χ1v) is 10.6. The molecular weight excluding hydrogens is 388 g/mol. The summed E-state index contributed by atoms with van der Waals surface area (Å²) in [6.07, 6.45) is 5.39. The Bertz CT molecular complexity index is 1010. The minimum atomic E-state index is -0.298. The van der Waals surface area contributed by atoms with Gasteiger partial charge in [-0.05, 0) is 44.4 Å². The molecule has 1 aliphatic heterocycles. The van der Waals surface area contributed by atoms with Crippen LogP contribution in [0.1, 0.15) is 35.0 Å². The molecule has 1 aliphatic rings. The van der Waals surface area contributed by atoms with E-state index in [2.05, 4.69) is 37.0 Å². The number of ether oxygens (including phenoxy) is 1. The Kier molecular flexibility index (Phi) is 5.57. The molecule has 0 saturated carbocycles. The maximum absolute atomic E-state index is 12.3. The second-order valence-corrected chi connectivity index (χ2v) is 8.09. The van der Waals surface area contributed by atoms with Gasteiger partial charge in [0.05, 0.1) is 12.0 Å². The summed E-state index contributed by atoms with van der Waals surface area (Å²) in [7, 11) is 2.06. The first kappa shape index (κ1) is 19.5. The Morgan fingerprint density at radius 2 is 2.28 bits per heavy atom. The largest absolute Gasteiger partial charge is 0.462 e. The van der Waals surface area contributed by atoms with Gasteiger partial charge in [-0.25, -0.2) is 14.8 Å². The summed E-state index contributed by atoms with van der Waals surface area (Å²) >= 11 is 1.37. The van der Waals surface area contributed by atoms with Crippen molar-refractivity contribution >= 4 is 39.2 Å². The molecule has 0 radical (unpaired) electrons. The van der Waals surface area contributed by atoms with E-state index in [1.165, 1.54) is 11.3 Å². The van der Waals surface area contributed by atoms with Gasteiger partial charge < -0.3 is 14.5 Å². The number of aryl methyl sites for hydroxylation is 1. The van der Waals surface area contributed by atoms with Crippen molar-refractivity contribution in [3.63, 3.8) is 0 Å². The predicted molar refractivity (Wildman–Crippen MR) is 114 cm³/mol. The number of fused-ring (bicyclic) bond motifs is 1. The normalized spacial score (nSPS) is 16.8. The number of aromatic nitrogens is 4. The molecule has 0 amide bonds. The van der Waals surface area contributed by atoms with Crippen LogP contribution in [0.15, 0.2) is 24.7 Å². The van der Waals surface area contributed by atoms with Crippen molar-refractivity contribution in [1.82, 2.24) is 20.2 Å². The van der Waals surface area contributed by atoms with E-state index in [0.717, 1.165) is 53.3 Å². The summed E-state index contributed by atoms with van der Waals surface area (Å²) in [5.74, 6) is 1.45. The first-order valence-electron chi connectivity index (χ1n) is 9.76. The highest BCUT2D eigenvalue weighted by atomic mass is 32.1. The van der Waals surface area contributed by atoms with E-state index in [-0.39, 0.29) is 12.0 Å². The van der Waals surface area contributed by atoms with E-state index in [1.54, 1.807) is 12.5 Å². The zero-order valence-electron chi connectivity index (χ0n) is 16.8. The van der Waals surface area contributed by atoms with E-state index < -0.39 is 0 Å². The van der Waals surface area contributed by atoms with Crippen LogP contribution in [0.4, 0.5) is 11.6 Å². The van der Waals surface area contributed by atoms with Gasteiger partial charge >= 0.3 is 5.97 Å². The van der Waals surface area contributed by atoms with Gasteiger partial charge in [0.2, 0.25) is 0 Å². The minimum absolute atomic E-state index is 0.272. The maximum Gasteiger partial charge on any atom is 0.348 e. The summed E-state index contributed by atoms with van der Waals surface area (Å²) < 4.78 is 5.21.